The van der Waals surface area contributed by atoms with Crippen LogP contribution in [0, 0.1) is 5.82 Å². The maximum absolute atomic E-state index is 13.0. The van der Waals surface area contributed by atoms with Crippen molar-refractivity contribution in [2.75, 3.05) is 6.54 Å². The first-order chi connectivity index (χ1) is 9.15. The maximum atomic E-state index is 13.0. The fourth-order valence-electron chi connectivity index (χ4n) is 2.59. The smallest absolute Gasteiger partial charge is 0.126 e. The molecule has 5 heteroatoms. The second kappa shape index (κ2) is 4.66. The van der Waals surface area contributed by atoms with Gasteiger partial charge in [0.2, 0.25) is 0 Å². The van der Waals surface area contributed by atoms with E-state index in [1.807, 2.05) is 13.1 Å². The number of aromatic nitrogens is 2. The fourth-order valence-corrected chi connectivity index (χ4v) is 2.59. The van der Waals surface area contributed by atoms with Gasteiger partial charge in [0.25, 0.3) is 0 Å². The third kappa shape index (κ3) is 2.21. The largest absolute Gasteiger partial charge is 0.508 e. The molecular formula is C14H16FN3O. The summed E-state index contributed by atoms with van der Waals surface area (Å²) in [6, 6.07) is 4.23. The van der Waals surface area contributed by atoms with E-state index in [0.717, 1.165) is 37.1 Å². The number of fused-ring (bicyclic) bond motifs is 1. The molecule has 1 aromatic heterocycles. The van der Waals surface area contributed by atoms with Crippen LogP contribution in [0.15, 0.2) is 30.6 Å². The van der Waals surface area contributed by atoms with E-state index in [1.54, 1.807) is 12.3 Å². The molecule has 4 nitrogen and oxygen atoms in total. The van der Waals surface area contributed by atoms with Gasteiger partial charge in [-0.1, -0.05) is 6.07 Å². The predicted molar refractivity (Wildman–Crippen MR) is 69.1 cm³/mol. The summed E-state index contributed by atoms with van der Waals surface area (Å²) < 4.78 is 15.2. The summed E-state index contributed by atoms with van der Waals surface area (Å²) in [5.41, 5.74) is 0.751. The first-order valence-corrected chi connectivity index (χ1v) is 6.37. The SMILES string of the molecule is CC(c1ccc(F)cc1O)N1CCn2ccnc2C1. The molecule has 2 aromatic rings. The molecule has 0 saturated carbocycles. The van der Waals surface area contributed by atoms with Crippen molar-refractivity contribution in [3.63, 3.8) is 0 Å². The molecule has 1 N–H and O–H groups in total. The number of imidazole rings is 1. The van der Waals surface area contributed by atoms with Gasteiger partial charge in [0.15, 0.2) is 0 Å². The van der Waals surface area contributed by atoms with Gasteiger partial charge in [-0.3, -0.25) is 4.90 Å². The second-order valence-corrected chi connectivity index (χ2v) is 4.89. The lowest BCUT2D eigenvalue weighted by molar-refractivity contribution is 0.161. The summed E-state index contributed by atoms with van der Waals surface area (Å²) in [5.74, 6) is 0.628. The van der Waals surface area contributed by atoms with Gasteiger partial charge < -0.3 is 9.67 Å². The number of phenolic OH excluding ortho intramolecular Hbond substituents is 1. The quantitative estimate of drug-likeness (QED) is 0.902. The number of phenols is 1. The molecule has 0 bridgehead atoms. The number of hydrogen-bond donors (Lipinski definition) is 1. The summed E-state index contributed by atoms with van der Waals surface area (Å²) in [6.45, 7) is 4.54. The number of rotatable bonds is 2. The highest BCUT2D eigenvalue weighted by atomic mass is 19.1. The van der Waals surface area contributed by atoms with E-state index in [4.69, 9.17) is 0 Å². The lowest BCUT2D eigenvalue weighted by Gasteiger charge is -2.33. The summed E-state index contributed by atoms with van der Waals surface area (Å²) in [5, 5.41) is 9.86. The van der Waals surface area contributed by atoms with Gasteiger partial charge in [-0.15, -0.1) is 0 Å². The Morgan fingerprint density at radius 1 is 1.37 bits per heavy atom. The van der Waals surface area contributed by atoms with Gasteiger partial charge >= 0.3 is 0 Å². The zero-order valence-corrected chi connectivity index (χ0v) is 10.8. The molecule has 1 aromatic carbocycles. The van der Waals surface area contributed by atoms with Crippen molar-refractivity contribution in [2.24, 2.45) is 0 Å². The van der Waals surface area contributed by atoms with Gasteiger partial charge in [-0.05, 0) is 13.0 Å². The number of halogens is 1. The van der Waals surface area contributed by atoms with Crippen LogP contribution in [0.3, 0.4) is 0 Å². The topological polar surface area (TPSA) is 41.3 Å². The summed E-state index contributed by atoms with van der Waals surface area (Å²) in [7, 11) is 0. The van der Waals surface area contributed by atoms with E-state index < -0.39 is 5.82 Å². The standard InChI is InChI=1S/C14H16FN3O/c1-10(12-3-2-11(15)8-13(12)19)18-7-6-17-5-4-16-14(17)9-18/h2-5,8,10,19H,6-7,9H2,1H3. The molecule has 1 aliphatic heterocycles. The number of nitrogens with zero attached hydrogens (tertiary/aromatic N) is 3. The minimum absolute atomic E-state index is 0.0152. The van der Waals surface area contributed by atoms with E-state index >= 15 is 0 Å². The highest BCUT2D eigenvalue weighted by molar-refractivity contribution is 5.35. The highest BCUT2D eigenvalue weighted by Crippen LogP contribution is 2.30. The Morgan fingerprint density at radius 3 is 3.00 bits per heavy atom. The summed E-state index contributed by atoms with van der Waals surface area (Å²) in [6.07, 6.45) is 3.78. The molecule has 100 valence electrons. The van der Waals surface area contributed by atoms with E-state index in [1.165, 1.54) is 6.07 Å². The first-order valence-electron chi connectivity index (χ1n) is 6.37. The van der Waals surface area contributed by atoms with Crippen molar-refractivity contribution >= 4 is 0 Å². The molecule has 1 atom stereocenters. The third-order valence-corrected chi connectivity index (χ3v) is 3.76. The van der Waals surface area contributed by atoms with E-state index in [-0.39, 0.29) is 11.8 Å². The molecule has 3 rings (SSSR count). The van der Waals surface area contributed by atoms with Crippen molar-refractivity contribution in [1.82, 2.24) is 14.5 Å². The Kier molecular flexibility index (Phi) is 2.98. The Hall–Kier alpha value is -1.88. The van der Waals surface area contributed by atoms with Crippen molar-refractivity contribution in [1.29, 1.82) is 0 Å². The zero-order valence-electron chi connectivity index (χ0n) is 10.8. The molecule has 1 aliphatic rings. The maximum Gasteiger partial charge on any atom is 0.126 e. The van der Waals surface area contributed by atoms with Crippen molar-refractivity contribution in [3.8, 4) is 5.75 Å². The fraction of sp³-hybridized carbons (Fsp3) is 0.357. The van der Waals surface area contributed by atoms with Crippen LogP contribution in [0.25, 0.3) is 0 Å². The average molecular weight is 261 g/mol. The second-order valence-electron chi connectivity index (χ2n) is 4.89. The van der Waals surface area contributed by atoms with Crippen molar-refractivity contribution in [2.45, 2.75) is 26.1 Å². The Morgan fingerprint density at radius 2 is 2.21 bits per heavy atom. The molecule has 0 fully saturated rings. The van der Waals surface area contributed by atoms with Gasteiger partial charge in [-0.2, -0.15) is 0 Å². The van der Waals surface area contributed by atoms with Crippen LogP contribution in [-0.4, -0.2) is 26.1 Å². The van der Waals surface area contributed by atoms with E-state index in [2.05, 4.69) is 14.5 Å². The van der Waals surface area contributed by atoms with Crippen molar-refractivity contribution < 1.29 is 9.50 Å². The average Bonchev–Trinajstić information content (AvgIpc) is 2.85. The van der Waals surface area contributed by atoms with Crippen LogP contribution in [0.4, 0.5) is 4.39 Å². The van der Waals surface area contributed by atoms with Crippen LogP contribution in [0.2, 0.25) is 0 Å². The monoisotopic (exact) mass is 261 g/mol. The summed E-state index contributed by atoms with van der Waals surface area (Å²) in [4.78, 5) is 6.55. The van der Waals surface area contributed by atoms with Crippen LogP contribution in [0.5, 0.6) is 5.75 Å². The Bertz CT molecular complexity index is 596. The number of hydrogen-bond acceptors (Lipinski definition) is 3. The van der Waals surface area contributed by atoms with Gasteiger partial charge in [-0.25, -0.2) is 9.37 Å². The molecule has 0 spiro atoms. The molecule has 1 unspecified atom stereocenters. The molecule has 2 heterocycles. The lowest BCUT2D eigenvalue weighted by Crippen LogP contribution is -2.35. The minimum Gasteiger partial charge on any atom is -0.508 e. The van der Waals surface area contributed by atoms with E-state index in [0.29, 0.717) is 0 Å². The molecule has 0 saturated heterocycles. The van der Waals surface area contributed by atoms with Crippen LogP contribution >= 0.6 is 0 Å². The normalized spacial score (nSPS) is 17.2. The van der Waals surface area contributed by atoms with Gasteiger partial charge in [0.1, 0.15) is 17.4 Å². The van der Waals surface area contributed by atoms with Crippen LogP contribution in [-0.2, 0) is 13.1 Å². The van der Waals surface area contributed by atoms with Crippen LogP contribution < -0.4 is 0 Å². The third-order valence-electron chi connectivity index (χ3n) is 3.76. The Balaban J connectivity index is 1.83. The predicted octanol–water partition coefficient (Wildman–Crippen LogP) is 2.30. The lowest BCUT2D eigenvalue weighted by atomic mass is 10.0. The van der Waals surface area contributed by atoms with Crippen LogP contribution in [0.1, 0.15) is 24.4 Å². The van der Waals surface area contributed by atoms with Crippen molar-refractivity contribution in [3.05, 3.63) is 47.8 Å². The summed E-state index contributed by atoms with van der Waals surface area (Å²) >= 11 is 0. The zero-order chi connectivity index (χ0) is 13.4. The number of aromatic hydroxyl groups is 1. The molecular weight excluding hydrogens is 245 g/mol. The minimum atomic E-state index is -0.414. The molecule has 0 radical (unpaired) electrons. The molecule has 0 amide bonds. The highest BCUT2D eigenvalue weighted by Gasteiger charge is 2.23. The van der Waals surface area contributed by atoms with Gasteiger partial charge in [0.05, 0.1) is 6.54 Å². The molecule has 0 aliphatic carbocycles. The van der Waals surface area contributed by atoms with E-state index in [9.17, 15) is 9.50 Å². The molecule has 19 heavy (non-hydrogen) atoms. The number of benzene rings is 1. The first kappa shape index (κ1) is 12.2. The Labute approximate surface area is 111 Å². The van der Waals surface area contributed by atoms with Gasteiger partial charge in [0, 0.05) is 43.2 Å².